The molecule has 0 spiro atoms. The minimum absolute atomic E-state index is 0.0427. The van der Waals surface area contributed by atoms with Crippen LogP contribution in [0.2, 0.25) is 0 Å². The third kappa shape index (κ3) is 12.0. The summed E-state index contributed by atoms with van der Waals surface area (Å²) in [6, 6.07) is 4.71. The summed E-state index contributed by atoms with van der Waals surface area (Å²) in [5.74, 6) is -1.88. The summed E-state index contributed by atoms with van der Waals surface area (Å²) in [5.41, 5.74) is 1.15. The van der Waals surface area contributed by atoms with E-state index in [9.17, 15) is 24.5 Å². The summed E-state index contributed by atoms with van der Waals surface area (Å²) in [7, 11) is 0. The maximum atomic E-state index is 12.8. The number of rotatable bonds is 19. The Labute approximate surface area is 234 Å². The van der Waals surface area contributed by atoms with E-state index in [1.165, 1.54) is 19.9 Å². The number of nitrogens with one attached hydrogen (secondary N) is 3. The van der Waals surface area contributed by atoms with Gasteiger partial charge in [-0.25, -0.2) is 4.98 Å². The van der Waals surface area contributed by atoms with Crippen molar-refractivity contribution < 1.29 is 43.4 Å². The van der Waals surface area contributed by atoms with Crippen LogP contribution in [-0.2, 0) is 28.5 Å². The number of hydrogen-bond donors (Lipinski definition) is 4. The van der Waals surface area contributed by atoms with Crippen molar-refractivity contribution in [3.63, 3.8) is 0 Å². The minimum Gasteiger partial charge on any atom is -0.481 e. The van der Waals surface area contributed by atoms with E-state index >= 15 is 0 Å². The maximum absolute atomic E-state index is 12.8. The van der Waals surface area contributed by atoms with Crippen molar-refractivity contribution in [1.29, 1.82) is 0 Å². The van der Waals surface area contributed by atoms with Gasteiger partial charge in [0.1, 0.15) is 11.9 Å². The molecule has 16 heteroatoms. The molecule has 0 aliphatic heterocycles. The number of benzene rings is 1. The third-order valence-electron chi connectivity index (χ3n) is 4.90. The molecule has 15 nitrogen and oxygen atoms in total. The predicted molar refractivity (Wildman–Crippen MR) is 146 cm³/mol. The molecule has 1 unspecified atom stereocenters. The quantitative estimate of drug-likeness (QED) is 0.0817. The van der Waals surface area contributed by atoms with Gasteiger partial charge in [0.2, 0.25) is 5.91 Å². The standard InChI is InChI=1S/C24H33N5O10S/c1-15-23(29(34)35)40-24(25-15)28-22(33)19-5-4-18(14-20(19)26-16(2)30)27-17(3)39-13-12-38-11-10-37-9-8-36-7-6-21(31)32/h4-5,14,17,27H,6-13H2,1-3H3,(H,26,30)(H,31,32)(H,25,28,33). The van der Waals surface area contributed by atoms with Gasteiger partial charge in [-0.3, -0.25) is 29.8 Å². The molecule has 2 rings (SSSR count). The zero-order valence-corrected chi connectivity index (χ0v) is 23.2. The van der Waals surface area contributed by atoms with E-state index in [4.69, 9.17) is 24.1 Å². The highest BCUT2D eigenvalue weighted by Crippen LogP contribution is 2.30. The zero-order valence-electron chi connectivity index (χ0n) is 22.4. The van der Waals surface area contributed by atoms with Crippen molar-refractivity contribution in [3.8, 4) is 0 Å². The number of nitro groups is 1. The smallest absolute Gasteiger partial charge is 0.348 e. The van der Waals surface area contributed by atoms with E-state index < -0.39 is 23.0 Å². The molecular formula is C24H33N5O10S. The van der Waals surface area contributed by atoms with Crippen LogP contribution >= 0.6 is 11.3 Å². The minimum atomic E-state index is -0.908. The number of amides is 2. The first-order chi connectivity index (χ1) is 19.1. The Bertz CT molecular complexity index is 1160. The Morgan fingerprint density at radius 2 is 1.68 bits per heavy atom. The van der Waals surface area contributed by atoms with E-state index in [1.54, 1.807) is 19.1 Å². The van der Waals surface area contributed by atoms with Crippen molar-refractivity contribution in [3.05, 3.63) is 39.6 Å². The summed E-state index contributed by atoms with van der Waals surface area (Å²) >= 11 is 0.744. The average Bonchev–Trinajstić information content (AvgIpc) is 3.24. The largest absolute Gasteiger partial charge is 0.481 e. The van der Waals surface area contributed by atoms with Gasteiger partial charge < -0.3 is 34.7 Å². The van der Waals surface area contributed by atoms with Crippen LogP contribution in [0, 0.1) is 17.0 Å². The lowest BCUT2D eigenvalue weighted by atomic mass is 10.1. The van der Waals surface area contributed by atoms with Crippen LogP contribution in [0.5, 0.6) is 0 Å². The molecule has 1 aromatic heterocycles. The molecule has 0 aliphatic rings. The molecule has 0 saturated heterocycles. The number of ether oxygens (including phenoxy) is 4. The average molecular weight is 584 g/mol. The Kier molecular flexibility index (Phi) is 13.9. The topological polar surface area (TPSA) is 200 Å². The second-order valence-electron chi connectivity index (χ2n) is 8.20. The number of hydrogen-bond acceptors (Lipinski definition) is 12. The highest BCUT2D eigenvalue weighted by Gasteiger charge is 2.21. The van der Waals surface area contributed by atoms with Crippen LogP contribution in [0.4, 0.5) is 21.5 Å². The van der Waals surface area contributed by atoms with Gasteiger partial charge in [0, 0.05) is 12.6 Å². The summed E-state index contributed by atoms with van der Waals surface area (Å²) in [4.78, 5) is 49.4. The Morgan fingerprint density at radius 1 is 1.05 bits per heavy atom. The summed E-state index contributed by atoms with van der Waals surface area (Å²) in [6.45, 7) is 6.71. The van der Waals surface area contributed by atoms with E-state index in [2.05, 4.69) is 20.9 Å². The molecule has 4 N–H and O–H groups in total. The van der Waals surface area contributed by atoms with Gasteiger partial charge >= 0.3 is 11.0 Å². The van der Waals surface area contributed by atoms with Gasteiger partial charge in [-0.1, -0.05) is 0 Å². The SMILES string of the molecule is CC(=O)Nc1cc(NC(C)OCCOCCOCCOCCC(=O)O)ccc1C(=O)Nc1nc(C)c([N+](=O)[O-])s1. The van der Waals surface area contributed by atoms with Crippen molar-refractivity contribution in [2.45, 2.75) is 33.4 Å². The van der Waals surface area contributed by atoms with Crippen LogP contribution < -0.4 is 16.0 Å². The molecule has 1 aromatic carbocycles. The maximum Gasteiger partial charge on any atom is 0.348 e. The number of anilines is 3. The molecular weight excluding hydrogens is 550 g/mol. The van der Waals surface area contributed by atoms with E-state index in [1.807, 2.05) is 0 Å². The third-order valence-corrected chi connectivity index (χ3v) is 5.93. The summed E-state index contributed by atoms with van der Waals surface area (Å²) in [5, 5.41) is 27.7. The first-order valence-corrected chi connectivity index (χ1v) is 13.1. The highest BCUT2D eigenvalue weighted by atomic mass is 32.1. The molecule has 0 saturated carbocycles. The van der Waals surface area contributed by atoms with Crippen LogP contribution in [0.15, 0.2) is 18.2 Å². The number of aryl methyl sites for hydroxylation is 1. The van der Waals surface area contributed by atoms with Crippen molar-refractivity contribution >= 4 is 50.6 Å². The van der Waals surface area contributed by atoms with Crippen LogP contribution in [0.3, 0.4) is 0 Å². The molecule has 1 atom stereocenters. The summed E-state index contributed by atoms with van der Waals surface area (Å²) < 4.78 is 21.5. The number of carboxylic acid groups (broad SMARTS) is 1. The molecule has 0 fully saturated rings. The predicted octanol–water partition coefficient (Wildman–Crippen LogP) is 2.87. The van der Waals surface area contributed by atoms with Crippen molar-refractivity contribution in [2.75, 3.05) is 62.2 Å². The molecule has 0 bridgehead atoms. The number of carbonyl (C=O) groups is 3. The zero-order chi connectivity index (χ0) is 29.5. The number of aliphatic carboxylic acids is 1. The van der Waals surface area contributed by atoms with Gasteiger partial charge in [-0.15, -0.1) is 0 Å². The fourth-order valence-electron chi connectivity index (χ4n) is 3.16. The highest BCUT2D eigenvalue weighted by molar-refractivity contribution is 7.19. The van der Waals surface area contributed by atoms with Gasteiger partial charge in [0.05, 0.1) is 68.8 Å². The number of aromatic nitrogens is 1. The number of carbonyl (C=O) groups excluding carboxylic acids is 2. The number of thiazole rings is 1. The van der Waals surface area contributed by atoms with E-state index in [0.717, 1.165) is 11.3 Å². The Morgan fingerprint density at radius 3 is 2.25 bits per heavy atom. The van der Waals surface area contributed by atoms with Gasteiger partial charge in [-0.05, 0) is 43.4 Å². The lowest BCUT2D eigenvalue weighted by molar-refractivity contribution is -0.380. The molecule has 0 aliphatic carbocycles. The molecule has 2 aromatic rings. The van der Waals surface area contributed by atoms with E-state index in [-0.39, 0.29) is 46.0 Å². The monoisotopic (exact) mass is 583 g/mol. The first kappa shape index (κ1) is 32.5. The van der Waals surface area contributed by atoms with Gasteiger partial charge in [-0.2, -0.15) is 0 Å². The molecule has 0 radical (unpaired) electrons. The molecule has 40 heavy (non-hydrogen) atoms. The van der Waals surface area contributed by atoms with Crippen LogP contribution in [0.25, 0.3) is 0 Å². The summed E-state index contributed by atoms with van der Waals surface area (Å²) in [6.07, 6.45) is -0.467. The van der Waals surface area contributed by atoms with Gasteiger partial charge in [0.25, 0.3) is 5.91 Å². The van der Waals surface area contributed by atoms with Crippen molar-refractivity contribution in [1.82, 2.24) is 4.98 Å². The molecule has 1 heterocycles. The van der Waals surface area contributed by atoms with Crippen LogP contribution in [-0.4, -0.2) is 85.3 Å². The normalized spacial score (nSPS) is 11.6. The fraction of sp³-hybridized carbons (Fsp3) is 0.500. The van der Waals surface area contributed by atoms with E-state index in [0.29, 0.717) is 45.3 Å². The van der Waals surface area contributed by atoms with Gasteiger partial charge in [0.15, 0.2) is 5.13 Å². The fourth-order valence-corrected chi connectivity index (χ4v) is 3.94. The van der Waals surface area contributed by atoms with Crippen molar-refractivity contribution in [2.24, 2.45) is 0 Å². The molecule has 2 amide bonds. The first-order valence-electron chi connectivity index (χ1n) is 12.2. The lowest BCUT2D eigenvalue weighted by Gasteiger charge is -2.18. The Balaban J connectivity index is 1.77. The second kappa shape index (κ2) is 17.1. The Hall–Kier alpha value is -3.70. The lowest BCUT2D eigenvalue weighted by Crippen LogP contribution is -2.22. The second-order valence-corrected chi connectivity index (χ2v) is 9.18. The number of nitrogens with zero attached hydrogens (tertiary/aromatic N) is 2. The molecule has 220 valence electrons. The van der Waals surface area contributed by atoms with Crippen LogP contribution in [0.1, 0.15) is 36.3 Å². The number of carboxylic acids is 1.